The first-order valence-electron chi connectivity index (χ1n) is 6.28. The van der Waals surface area contributed by atoms with Crippen molar-refractivity contribution < 1.29 is 21.6 Å². The Morgan fingerprint density at radius 2 is 1.68 bits per heavy atom. The van der Waals surface area contributed by atoms with Crippen molar-refractivity contribution in [3.63, 3.8) is 0 Å². The average Bonchev–Trinajstić information content (AvgIpc) is 2.45. The Morgan fingerprint density at radius 1 is 1.14 bits per heavy atom. The minimum Gasteiger partial charge on any atom is -0.348 e. The summed E-state index contributed by atoms with van der Waals surface area (Å²) in [5.41, 5.74) is -0.116. The zero-order valence-corrected chi connectivity index (χ0v) is 14.3. The highest BCUT2D eigenvalue weighted by Gasteiger charge is 2.30. The molecular formula is C12H19N3O5S2. The first-order valence-corrected chi connectivity index (χ1v) is 9.31. The predicted octanol–water partition coefficient (Wildman–Crippen LogP) is -0.187. The van der Waals surface area contributed by atoms with Crippen molar-refractivity contribution in [1.29, 1.82) is 0 Å². The van der Waals surface area contributed by atoms with E-state index in [1.165, 1.54) is 52.3 Å². The second-order valence-corrected chi connectivity index (χ2v) is 8.58. The SMILES string of the molecule is CNS(=O)(=O)c1ccccc1NS(=O)(=O)C(C)C(=O)N(C)C. The van der Waals surface area contributed by atoms with Crippen LogP contribution in [-0.4, -0.2) is 54.0 Å². The van der Waals surface area contributed by atoms with Gasteiger partial charge in [0.2, 0.25) is 26.0 Å². The molecule has 1 atom stereocenters. The Morgan fingerprint density at radius 3 is 2.18 bits per heavy atom. The molecule has 8 nitrogen and oxygen atoms in total. The van der Waals surface area contributed by atoms with Gasteiger partial charge in [-0.3, -0.25) is 9.52 Å². The maximum Gasteiger partial charge on any atom is 0.244 e. The van der Waals surface area contributed by atoms with Gasteiger partial charge >= 0.3 is 0 Å². The van der Waals surface area contributed by atoms with Crippen LogP contribution in [0, 0.1) is 0 Å². The van der Waals surface area contributed by atoms with Crippen molar-refractivity contribution in [3.8, 4) is 0 Å². The zero-order valence-electron chi connectivity index (χ0n) is 12.7. The van der Waals surface area contributed by atoms with Crippen LogP contribution in [0.3, 0.4) is 0 Å². The maximum absolute atomic E-state index is 12.2. The molecule has 0 heterocycles. The van der Waals surface area contributed by atoms with Crippen molar-refractivity contribution in [2.45, 2.75) is 17.1 Å². The fourth-order valence-corrected chi connectivity index (χ4v) is 3.72. The maximum atomic E-state index is 12.2. The van der Waals surface area contributed by atoms with Crippen LogP contribution in [-0.2, 0) is 24.8 Å². The van der Waals surface area contributed by atoms with Crippen molar-refractivity contribution in [2.24, 2.45) is 0 Å². The van der Waals surface area contributed by atoms with E-state index in [4.69, 9.17) is 0 Å². The van der Waals surface area contributed by atoms with Crippen molar-refractivity contribution >= 4 is 31.6 Å². The summed E-state index contributed by atoms with van der Waals surface area (Å²) in [5.74, 6) is -0.610. The molecule has 0 saturated heterocycles. The third-order valence-corrected chi connectivity index (χ3v) is 6.06. The normalized spacial score (nSPS) is 13.5. The van der Waals surface area contributed by atoms with Gasteiger partial charge in [-0.25, -0.2) is 21.6 Å². The minimum absolute atomic E-state index is 0.116. The molecule has 22 heavy (non-hydrogen) atoms. The Bertz CT molecular complexity index is 757. The third-order valence-electron chi connectivity index (χ3n) is 2.95. The molecule has 0 saturated carbocycles. The van der Waals surface area contributed by atoms with Crippen LogP contribution in [0.1, 0.15) is 6.92 Å². The Balaban J connectivity index is 3.24. The number of carbonyl (C=O) groups is 1. The monoisotopic (exact) mass is 349 g/mol. The van der Waals surface area contributed by atoms with Gasteiger partial charge in [0.05, 0.1) is 5.69 Å². The minimum atomic E-state index is -4.08. The molecule has 1 aromatic rings. The number of carbonyl (C=O) groups excluding carboxylic acids is 1. The van der Waals surface area contributed by atoms with Gasteiger partial charge in [0.1, 0.15) is 4.90 Å². The molecule has 0 spiro atoms. The van der Waals surface area contributed by atoms with Crippen molar-refractivity contribution in [2.75, 3.05) is 25.9 Å². The number of rotatable bonds is 6. The number of amides is 1. The molecule has 0 bridgehead atoms. The van der Waals surface area contributed by atoms with Crippen molar-refractivity contribution in [1.82, 2.24) is 9.62 Å². The van der Waals surface area contributed by atoms with Gasteiger partial charge in [-0.05, 0) is 26.1 Å². The van der Waals surface area contributed by atoms with Crippen LogP contribution in [0.5, 0.6) is 0 Å². The molecular weight excluding hydrogens is 330 g/mol. The van der Waals surface area contributed by atoms with Gasteiger partial charge < -0.3 is 4.90 Å². The lowest BCUT2D eigenvalue weighted by molar-refractivity contribution is -0.127. The van der Waals surface area contributed by atoms with Crippen LogP contribution in [0.4, 0.5) is 5.69 Å². The van der Waals surface area contributed by atoms with Gasteiger partial charge in [0, 0.05) is 14.1 Å². The molecule has 0 aliphatic rings. The van der Waals surface area contributed by atoms with E-state index in [1.54, 1.807) is 0 Å². The smallest absolute Gasteiger partial charge is 0.244 e. The van der Waals surface area contributed by atoms with Crippen LogP contribution < -0.4 is 9.44 Å². The first-order chi connectivity index (χ1) is 10.0. The number of nitrogens with one attached hydrogen (secondary N) is 2. The Hall–Kier alpha value is -1.65. The predicted molar refractivity (Wildman–Crippen MR) is 83.4 cm³/mol. The quantitative estimate of drug-likeness (QED) is 0.739. The summed E-state index contributed by atoms with van der Waals surface area (Å²) in [6.45, 7) is 1.24. The van der Waals surface area contributed by atoms with Crippen molar-refractivity contribution in [3.05, 3.63) is 24.3 Å². The molecule has 0 aromatic heterocycles. The number of hydrogen-bond acceptors (Lipinski definition) is 5. The van der Waals surface area contributed by atoms with Gasteiger partial charge in [-0.15, -0.1) is 0 Å². The summed E-state index contributed by atoms with van der Waals surface area (Å²) in [4.78, 5) is 12.7. The molecule has 2 N–H and O–H groups in total. The molecule has 1 aromatic carbocycles. The van der Waals surface area contributed by atoms with Crippen LogP contribution in [0.2, 0.25) is 0 Å². The molecule has 1 amide bonds. The van der Waals surface area contributed by atoms with Gasteiger partial charge in [-0.2, -0.15) is 0 Å². The molecule has 124 valence electrons. The standard InChI is InChI=1S/C12H19N3O5S2/c1-9(12(16)15(3)4)21(17,18)14-10-7-5-6-8-11(10)22(19,20)13-2/h5-9,13-14H,1-4H3. The summed E-state index contributed by atoms with van der Waals surface area (Å²) < 4.78 is 52.6. The fourth-order valence-electron chi connectivity index (χ4n) is 1.63. The van der Waals surface area contributed by atoms with Gasteiger partial charge in [0.25, 0.3) is 0 Å². The van der Waals surface area contributed by atoms with E-state index >= 15 is 0 Å². The topological polar surface area (TPSA) is 113 Å². The lowest BCUT2D eigenvalue weighted by Crippen LogP contribution is -2.40. The Kier molecular flexibility index (Phi) is 5.54. The summed E-state index contributed by atoms with van der Waals surface area (Å²) in [6, 6.07) is 5.54. The highest BCUT2D eigenvalue weighted by molar-refractivity contribution is 7.94. The van der Waals surface area contributed by atoms with E-state index in [0.717, 1.165) is 4.90 Å². The summed E-state index contributed by atoms with van der Waals surface area (Å²) in [7, 11) is -3.82. The summed E-state index contributed by atoms with van der Waals surface area (Å²) in [5, 5.41) is -1.35. The lowest BCUT2D eigenvalue weighted by Gasteiger charge is -2.19. The summed E-state index contributed by atoms with van der Waals surface area (Å²) in [6.07, 6.45) is 0. The Labute approximate surface area is 130 Å². The summed E-state index contributed by atoms with van der Waals surface area (Å²) >= 11 is 0. The molecule has 0 radical (unpaired) electrons. The first kappa shape index (κ1) is 18.4. The van der Waals surface area contributed by atoms with Gasteiger partial charge in [-0.1, -0.05) is 12.1 Å². The van der Waals surface area contributed by atoms with E-state index in [-0.39, 0.29) is 10.6 Å². The molecule has 10 heteroatoms. The van der Waals surface area contributed by atoms with E-state index in [9.17, 15) is 21.6 Å². The number of para-hydroxylation sites is 1. The molecule has 1 unspecified atom stereocenters. The van der Waals surface area contributed by atoms with Gasteiger partial charge in [0.15, 0.2) is 5.25 Å². The second-order valence-electron chi connectivity index (χ2n) is 4.73. The third kappa shape index (κ3) is 3.96. The molecule has 1 rings (SSSR count). The number of hydrogen-bond donors (Lipinski definition) is 2. The number of benzene rings is 1. The average molecular weight is 349 g/mol. The number of sulfonamides is 2. The lowest BCUT2D eigenvalue weighted by atomic mass is 10.3. The highest BCUT2D eigenvalue weighted by Crippen LogP contribution is 2.22. The van der Waals surface area contributed by atoms with E-state index in [0.29, 0.717) is 0 Å². The number of nitrogens with zero attached hydrogens (tertiary/aromatic N) is 1. The zero-order chi connectivity index (χ0) is 17.1. The second kappa shape index (κ2) is 6.63. The molecule has 0 fully saturated rings. The molecule has 0 aliphatic carbocycles. The van der Waals surface area contributed by atoms with E-state index in [1.807, 2.05) is 0 Å². The van der Waals surface area contributed by atoms with E-state index in [2.05, 4.69) is 9.44 Å². The van der Waals surface area contributed by atoms with Crippen LogP contribution in [0.15, 0.2) is 29.2 Å². The molecule has 0 aliphatic heterocycles. The highest BCUT2D eigenvalue weighted by atomic mass is 32.2. The fraction of sp³-hybridized carbons (Fsp3) is 0.417. The largest absolute Gasteiger partial charge is 0.348 e. The van der Waals surface area contributed by atoms with E-state index < -0.39 is 31.2 Å². The number of anilines is 1. The van der Waals surface area contributed by atoms with Crippen LogP contribution >= 0.6 is 0 Å². The van der Waals surface area contributed by atoms with Crippen LogP contribution in [0.25, 0.3) is 0 Å².